The maximum Gasteiger partial charge on any atom is 0.0507 e. The quantitative estimate of drug-likeness (QED) is 0.796. The number of nitrogens with zero attached hydrogens (tertiary/aromatic N) is 1. The van der Waals surface area contributed by atoms with Gasteiger partial charge >= 0.3 is 0 Å². The highest BCUT2D eigenvalue weighted by molar-refractivity contribution is 5.09. The Bertz CT molecular complexity index is 290. The molecule has 0 bridgehead atoms. The predicted molar refractivity (Wildman–Crippen MR) is 60.7 cm³/mol. The summed E-state index contributed by atoms with van der Waals surface area (Å²) in [6, 6.07) is 2.18. The van der Waals surface area contributed by atoms with Gasteiger partial charge in [0.2, 0.25) is 0 Å². The first-order chi connectivity index (χ1) is 7.38. The van der Waals surface area contributed by atoms with E-state index in [9.17, 15) is 0 Å². The fourth-order valence-electron chi connectivity index (χ4n) is 1.96. The van der Waals surface area contributed by atoms with E-state index in [1.165, 1.54) is 12.0 Å². The van der Waals surface area contributed by atoms with Crippen molar-refractivity contribution in [3.63, 3.8) is 0 Å². The molecule has 84 valence electrons. The van der Waals surface area contributed by atoms with E-state index in [0.29, 0.717) is 0 Å². The van der Waals surface area contributed by atoms with Gasteiger partial charge in [-0.15, -0.1) is 0 Å². The second-order valence-electron chi connectivity index (χ2n) is 4.21. The smallest absolute Gasteiger partial charge is 0.0507 e. The maximum absolute atomic E-state index is 5.34. The number of aryl methyl sites for hydroxylation is 1. The zero-order chi connectivity index (χ0) is 10.5. The summed E-state index contributed by atoms with van der Waals surface area (Å²) in [7, 11) is 0. The van der Waals surface area contributed by atoms with E-state index >= 15 is 0 Å². The van der Waals surface area contributed by atoms with E-state index in [0.717, 1.165) is 38.8 Å². The number of nitrogens with one attached hydrogen (secondary N) is 1. The summed E-state index contributed by atoms with van der Waals surface area (Å²) in [5.74, 6) is 0.721. The van der Waals surface area contributed by atoms with Crippen molar-refractivity contribution in [2.24, 2.45) is 5.92 Å². The molecule has 1 fully saturated rings. The topological polar surface area (TPSA) is 26.2 Å². The van der Waals surface area contributed by atoms with Crippen LogP contribution in [0.1, 0.15) is 18.9 Å². The summed E-state index contributed by atoms with van der Waals surface area (Å²) >= 11 is 0. The third-order valence-corrected chi connectivity index (χ3v) is 2.96. The number of rotatable bonds is 5. The molecule has 0 aliphatic carbocycles. The maximum atomic E-state index is 5.34. The summed E-state index contributed by atoms with van der Waals surface area (Å²) in [5, 5.41) is 3.49. The average Bonchev–Trinajstić information content (AvgIpc) is 2.88. The summed E-state index contributed by atoms with van der Waals surface area (Å²) in [5.41, 5.74) is 1.37. The van der Waals surface area contributed by atoms with Crippen molar-refractivity contribution >= 4 is 0 Å². The van der Waals surface area contributed by atoms with Crippen LogP contribution < -0.4 is 5.32 Å². The first-order valence-corrected chi connectivity index (χ1v) is 5.81. The van der Waals surface area contributed by atoms with Crippen molar-refractivity contribution in [1.29, 1.82) is 0 Å². The van der Waals surface area contributed by atoms with Gasteiger partial charge in [0.15, 0.2) is 0 Å². The van der Waals surface area contributed by atoms with Crippen molar-refractivity contribution in [2.75, 3.05) is 19.8 Å². The Morgan fingerprint density at radius 2 is 2.53 bits per heavy atom. The van der Waals surface area contributed by atoms with Gasteiger partial charge in [-0.1, -0.05) is 0 Å². The van der Waals surface area contributed by atoms with Crippen LogP contribution in [-0.2, 0) is 17.8 Å². The molecule has 0 aromatic carbocycles. The van der Waals surface area contributed by atoms with Gasteiger partial charge in [-0.05, 0) is 30.9 Å². The molecule has 15 heavy (non-hydrogen) atoms. The summed E-state index contributed by atoms with van der Waals surface area (Å²) in [4.78, 5) is 0. The molecule has 1 N–H and O–H groups in total. The van der Waals surface area contributed by atoms with Gasteiger partial charge in [0.05, 0.1) is 6.61 Å². The lowest BCUT2D eigenvalue weighted by Crippen LogP contribution is -2.22. The zero-order valence-corrected chi connectivity index (χ0v) is 9.41. The van der Waals surface area contributed by atoms with E-state index in [1.54, 1.807) is 0 Å². The highest BCUT2D eigenvalue weighted by Gasteiger charge is 2.14. The summed E-state index contributed by atoms with van der Waals surface area (Å²) in [6.45, 7) is 7.14. The molecule has 0 radical (unpaired) electrons. The van der Waals surface area contributed by atoms with E-state index in [1.807, 2.05) is 0 Å². The summed E-state index contributed by atoms with van der Waals surface area (Å²) < 4.78 is 7.54. The lowest BCUT2D eigenvalue weighted by Gasteiger charge is -2.08. The molecule has 0 spiro atoms. The molecule has 2 heterocycles. The van der Waals surface area contributed by atoms with Gasteiger partial charge in [0.25, 0.3) is 0 Å². The minimum absolute atomic E-state index is 0.721. The molecule has 3 nitrogen and oxygen atoms in total. The Balaban J connectivity index is 1.68. The largest absolute Gasteiger partial charge is 0.381 e. The van der Waals surface area contributed by atoms with Gasteiger partial charge in [-0.2, -0.15) is 0 Å². The molecule has 3 heteroatoms. The molecule has 0 amide bonds. The van der Waals surface area contributed by atoms with Gasteiger partial charge in [0, 0.05) is 38.6 Å². The molecule has 1 aliphatic rings. The number of aromatic nitrogens is 1. The van der Waals surface area contributed by atoms with Crippen molar-refractivity contribution in [1.82, 2.24) is 9.88 Å². The minimum Gasteiger partial charge on any atom is -0.381 e. The molecule has 1 saturated heterocycles. The van der Waals surface area contributed by atoms with E-state index in [4.69, 9.17) is 4.74 Å². The normalized spacial score (nSPS) is 21.0. The van der Waals surface area contributed by atoms with Gasteiger partial charge < -0.3 is 14.6 Å². The molecule has 1 aliphatic heterocycles. The van der Waals surface area contributed by atoms with Crippen LogP contribution in [0.4, 0.5) is 0 Å². The van der Waals surface area contributed by atoms with Crippen molar-refractivity contribution in [3.8, 4) is 0 Å². The molecular weight excluding hydrogens is 188 g/mol. The van der Waals surface area contributed by atoms with Crippen molar-refractivity contribution < 1.29 is 4.74 Å². The van der Waals surface area contributed by atoms with Crippen LogP contribution in [0.25, 0.3) is 0 Å². The third kappa shape index (κ3) is 3.08. The SMILES string of the molecule is CCn1ccc(CNCC2CCOC2)c1. The number of hydrogen-bond donors (Lipinski definition) is 1. The number of ether oxygens (including phenoxy) is 1. The van der Waals surface area contributed by atoms with Crippen LogP contribution in [-0.4, -0.2) is 24.3 Å². The van der Waals surface area contributed by atoms with E-state index < -0.39 is 0 Å². The minimum atomic E-state index is 0.721. The standard InChI is InChI=1S/C12H20N2O/c1-2-14-5-3-11(9-14)7-13-8-12-4-6-15-10-12/h3,5,9,12-13H,2,4,6-8,10H2,1H3. The van der Waals surface area contributed by atoms with Crippen LogP contribution >= 0.6 is 0 Å². The first kappa shape index (κ1) is 10.7. The fraction of sp³-hybridized carbons (Fsp3) is 0.667. The van der Waals surface area contributed by atoms with Crippen LogP contribution in [0, 0.1) is 5.92 Å². The highest BCUT2D eigenvalue weighted by Crippen LogP contribution is 2.11. The van der Waals surface area contributed by atoms with Crippen LogP contribution in [0.3, 0.4) is 0 Å². The molecule has 1 aromatic rings. The molecule has 1 unspecified atom stereocenters. The molecule has 1 atom stereocenters. The monoisotopic (exact) mass is 208 g/mol. The highest BCUT2D eigenvalue weighted by atomic mass is 16.5. The molecule has 0 saturated carbocycles. The van der Waals surface area contributed by atoms with Gasteiger partial charge in [-0.3, -0.25) is 0 Å². The Kier molecular flexibility index (Phi) is 3.80. The number of hydrogen-bond acceptors (Lipinski definition) is 2. The molecule has 2 rings (SSSR count). The van der Waals surface area contributed by atoms with Crippen molar-refractivity contribution in [3.05, 3.63) is 24.0 Å². The third-order valence-electron chi connectivity index (χ3n) is 2.96. The van der Waals surface area contributed by atoms with Gasteiger partial charge in [0.1, 0.15) is 0 Å². The Morgan fingerprint density at radius 3 is 3.20 bits per heavy atom. The summed E-state index contributed by atoms with van der Waals surface area (Å²) in [6.07, 6.45) is 5.55. The second kappa shape index (κ2) is 5.33. The predicted octanol–water partition coefficient (Wildman–Crippen LogP) is 1.63. The van der Waals surface area contributed by atoms with Crippen molar-refractivity contribution in [2.45, 2.75) is 26.4 Å². The molecule has 1 aromatic heterocycles. The van der Waals surface area contributed by atoms with Crippen LogP contribution in [0.15, 0.2) is 18.5 Å². The lowest BCUT2D eigenvalue weighted by atomic mass is 10.1. The fourth-order valence-corrected chi connectivity index (χ4v) is 1.96. The Hall–Kier alpha value is -0.800. The lowest BCUT2D eigenvalue weighted by molar-refractivity contribution is 0.185. The Morgan fingerprint density at radius 1 is 1.60 bits per heavy atom. The average molecular weight is 208 g/mol. The Labute approximate surface area is 91.4 Å². The first-order valence-electron chi connectivity index (χ1n) is 5.81. The van der Waals surface area contributed by atoms with Crippen LogP contribution in [0.2, 0.25) is 0 Å². The van der Waals surface area contributed by atoms with E-state index in [-0.39, 0.29) is 0 Å². The van der Waals surface area contributed by atoms with E-state index in [2.05, 4.69) is 35.3 Å². The zero-order valence-electron chi connectivity index (χ0n) is 9.41. The second-order valence-corrected chi connectivity index (χ2v) is 4.21. The van der Waals surface area contributed by atoms with Crippen LogP contribution in [0.5, 0.6) is 0 Å². The van der Waals surface area contributed by atoms with Gasteiger partial charge in [-0.25, -0.2) is 0 Å². The molecular formula is C12H20N2O.